The van der Waals surface area contributed by atoms with Gasteiger partial charge in [-0.3, -0.25) is 19.1 Å². The van der Waals surface area contributed by atoms with E-state index in [4.69, 9.17) is 18.8 Å². The summed E-state index contributed by atoms with van der Waals surface area (Å²) in [6.07, 6.45) is -3.89. The third kappa shape index (κ3) is 7.10. The van der Waals surface area contributed by atoms with Gasteiger partial charge in [0.2, 0.25) is 0 Å². The van der Waals surface area contributed by atoms with E-state index >= 15 is 4.39 Å². The topological polar surface area (TPSA) is 149 Å². The largest absolute Gasteiger partial charge is 0.653 e. The first kappa shape index (κ1) is 30.2. The molecule has 2 heterocycles. The Morgan fingerprint density at radius 1 is 1.20 bits per heavy atom. The summed E-state index contributed by atoms with van der Waals surface area (Å²) in [6, 6.07) is 13.1. The van der Waals surface area contributed by atoms with E-state index in [1.807, 2.05) is 4.98 Å². The molecule has 6 atom stereocenters. The molecule has 4 rings (SSSR count). The molecular weight excluding hydrogens is 567 g/mol. The Hall–Kier alpha value is -3.81. The van der Waals surface area contributed by atoms with Crippen molar-refractivity contribution in [1.29, 1.82) is 0 Å². The summed E-state index contributed by atoms with van der Waals surface area (Å²) < 4.78 is 59.0. The van der Waals surface area contributed by atoms with Gasteiger partial charge in [0.05, 0.1) is 0 Å². The number of hydrogen-bond donors (Lipinski definition) is 2. The van der Waals surface area contributed by atoms with Gasteiger partial charge in [-0.05, 0) is 48.2 Å². The quantitative estimate of drug-likeness (QED) is 0.193. The lowest BCUT2D eigenvalue weighted by molar-refractivity contribution is -0.156. The second kappa shape index (κ2) is 12.8. The molecule has 12 nitrogen and oxygen atoms in total. The summed E-state index contributed by atoms with van der Waals surface area (Å²) in [4.78, 5) is 44.6. The highest BCUT2D eigenvalue weighted by Crippen LogP contribution is 2.42. The van der Waals surface area contributed by atoms with Gasteiger partial charge in [-0.1, -0.05) is 30.3 Å². The first-order chi connectivity index (χ1) is 19.5. The average Bonchev–Trinajstić information content (AvgIpc) is 3.18. The Balaban J connectivity index is 1.47. The minimum absolute atomic E-state index is 0.0204. The molecule has 218 valence electrons. The number of nitrogens with one attached hydrogen (secondary N) is 1. The number of alkyl halides is 1. The van der Waals surface area contributed by atoms with E-state index in [2.05, 4.69) is 0 Å². The number of H-pyrrole nitrogens is 1. The van der Waals surface area contributed by atoms with Crippen LogP contribution in [0, 0.1) is 5.82 Å². The van der Waals surface area contributed by atoms with Crippen molar-refractivity contribution in [3.8, 4) is 5.75 Å². The van der Waals surface area contributed by atoms with Crippen LogP contribution in [0.5, 0.6) is 5.75 Å². The van der Waals surface area contributed by atoms with Crippen molar-refractivity contribution in [3.63, 3.8) is 0 Å². The molecule has 0 aliphatic carbocycles. The van der Waals surface area contributed by atoms with Gasteiger partial charge in [0, 0.05) is 12.3 Å². The number of carbonyl (C=O) groups is 1. The highest BCUT2D eigenvalue weighted by molar-refractivity contribution is 7.36. The lowest BCUT2D eigenvalue weighted by Gasteiger charge is -2.24. The maximum Gasteiger partial charge on any atom is 0.653 e. The lowest BCUT2D eigenvalue weighted by atomic mass is 9.98. The molecule has 41 heavy (non-hydrogen) atoms. The van der Waals surface area contributed by atoms with Crippen molar-refractivity contribution in [2.24, 2.45) is 0 Å². The first-order valence-corrected chi connectivity index (χ1v) is 13.5. The molecule has 2 unspecified atom stereocenters. The summed E-state index contributed by atoms with van der Waals surface area (Å²) in [7, 11) is -3.02. The second-order valence-electron chi connectivity index (χ2n) is 9.29. The predicted molar refractivity (Wildman–Crippen MR) is 139 cm³/mol. The molecule has 0 radical (unpaired) electrons. The average molecular weight is 594 g/mol. The summed E-state index contributed by atoms with van der Waals surface area (Å²) in [5, 5.41) is 10.6. The smallest absolute Gasteiger partial charge is 0.459 e. The van der Waals surface area contributed by atoms with Crippen LogP contribution in [0.2, 0.25) is 0 Å². The van der Waals surface area contributed by atoms with E-state index in [0.717, 1.165) is 35.9 Å². The maximum atomic E-state index is 15.5. The third-order valence-corrected chi connectivity index (χ3v) is 7.36. The number of rotatable bonds is 11. The Bertz CT molecular complexity index is 1480. The van der Waals surface area contributed by atoms with E-state index in [1.54, 1.807) is 30.3 Å². The summed E-state index contributed by atoms with van der Waals surface area (Å²) in [6.45, 7) is 1.61. The van der Waals surface area contributed by atoms with E-state index in [9.17, 15) is 28.4 Å². The van der Waals surface area contributed by atoms with Gasteiger partial charge in [0.15, 0.2) is 23.7 Å². The monoisotopic (exact) mass is 594 g/mol. The molecule has 2 N–H and O–H groups in total. The number of hydroxylamine groups is 1. The van der Waals surface area contributed by atoms with E-state index < -0.39 is 68.0 Å². The summed E-state index contributed by atoms with van der Waals surface area (Å²) in [5.74, 6) is -1.36. The van der Waals surface area contributed by atoms with Crippen LogP contribution in [0.4, 0.5) is 8.78 Å². The van der Waals surface area contributed by atoms with Gasteiger partial charge in [0.1, 0.15) is 36.1 Å². The molecular formula is C26H27F2N3O9P+. The predicted octanol–water partition coefficient (Wildman–Crippen LogP) is 2.76. The van der Waals surface area contributed by atoms with Crippen molar-refractivity contribution in [2.45, 2.75) is 50.6 Å². The Morgan fingerprint density at radius 2 is 1.88 bits per heavy atom. The molecule has 1 fully saturated rings. The van der Waals surface area contributed by atoms with Crippen molar-refractivity contribution in [1.82, 2.24) is 14.4 Å². The number of hydrogen-bond acceptors (Lipinski definition) is 9. The fourth-order valence-corrected chi connectivity index (χ4v) is 4.88. The van der Waals surface area contributed by atoms with Crippen LogP contribution in [0.15, 0.2) is 76.4 Å². The molecule has 3 aromatic rings. The number of benzene rings is 2. The Kier molecular flexibility index (Phi) is 9.41. The fourth-order valence-electron chi connectivity index (χ4n) is 3.95. The van der Waals surface area contributed by atoms with Crippen LogP contribution in [0.3, 0.4) is 0 Å². The van der Waals surface area contributed by atoms with Crippen LogP contribution in [-0.4, -0.2) is 56.0 Å². The number of esters is 1. The van der Waals surface area contributed by atoms with Crippen LogP contribution in [0.25, 0.3) is 0 Å². The first-order valence-electron chi connectivity index (χ1n) is 12.3. The van der Waals surface area contributed by atoms with Crippen molar-refractivity contribution >= 4 is 14.1 Å². The minimum Gasteiger partial charge on any atom is -0.459 e. The lowest BCUT2D eigenvalue weighted by Crippen LogP contribution is -2.43. The number of aromatic amines is 1. The van der Waals surface area contributed by atoms with Gasteiger partial charge in [-0.15, -0.1) is 4.52 Å². The zero-order valence-corrected chi connectivity index (χ0v) is 22.8. The minimum atomic E-state index is -3.02. The second-order valence-corrected chi connectivity index (χ2v) is 10.4. The van der Waals surface area contributed by atoms with Crippen molar-refractivity contribution in [2.75, 3.05) is 6.61 Å². The van der Waals surface area contributed by atoms with Crippen LogP contribution < -0.4 is 16.1 Å². The third-order valence-electron chi connectivity index (χ3n) is 6.24. The van der Waals surface area contributed by atoms with E-state index in [-0.39, 0.29) is 12.4 Å². The Morgan fingerprint density at radius 3 is 2.54 bits per heavy atom. The maximum absolute atomic E-state index is 15.5. The SMILES string of the molecule is CC(C(=O)OCc1ccccc1)N(Oc1ccc(F)cc1)[P+](=O)OC[C@H]1O[C@@H](n2ccc(=O)[nH]c2=O)[C@](C)(F)[C@@H]1O. The van der Waals surface area contributed by atoms with Gasteiger partial charge in [-0.2, -0.15) is 0 Å². The normalized spacial score (nSPS) is 23.3. The fraction of sp³-hybridized carbons (Fsp3) is 0.346. The van der Waals surface area contributed by atoms with E-state index in [1.165, 1.54) is 19.1 Å². The molecule has 1 aliphatic heterocycles. The number of carbonyl (C=O) groups excluding carboxylic acids is 1. The zero-order valence-electron chi connectivity index (χ0n) is 21.9. The highest BCUT2D eigenvalue weighted by Gasteiger charge is 2.56. The molecule has 0 spiro atoms. The number of aliphatic hydroxyl groups is 1. The summed E-state index contributed by atoms with van der Waals surface area (Å²) in [5.41, 5.74) is -3.48. The molecule has 1 aromatic heterocycles. The van der Waals surface area contributed by atoms with Crippen LogP contribution >= 0.6 is 8.18 Å². The molecule has 0 bridgehead atoms. The number of ether oxygens (including phenoxy) is 2. The van der Waals surface area contributed by atoms with Gasteiger partial charge in [0.25, 0.3) is 5.56 Å². The molecule has 0 amide bonds. The molecule has 2 aromatic carbocycles. The molecule has 1 saturated heterocycles. The number of aliphatic hydroxyl groups excluding tert-OH is 1. The van der Waals surface area contributed by atoms with Gasteiger partial charge < -0.3 is 19.4 Å². The van der Waals surface area contributed by atoms with Crippen LogP contribution in [0.1, 0.15) is 25.6 Å². The Labute approximate surface area is 232 Å². The highest BCUT2D eigenvalue weighted by atomic mass is 31.1. The molecule has 0 saturated carbocycles. The number of nitrogens with zero attached hydrogens (tertiary/aromatic N) is 2. The van der Waals surface area contributed by atoms with Gasteiger partial charge >= 0.3 is 19.8 Å². The number of aromatic nitrogens is 2. The van der Waals surface area contributed by atoms with Crippen LogP contribution in [-0.2, 0) is 30.0 Å². The van der Waals surface area contributed by atoms with Crippen molar-refractivity contribution in [3.05, 3.63) is 99.1 Å². The standard InChI is InChI=1S/C26H26F2N3O9P/c1-16(23(34)37-14-17-6-4-3-5-7-17)31(40-19-10-8-18(27)9-11-19)41(36)38-15-20-22(33)26(2,28)24(39-20)30-13-12-21(32)29-25(30)35/h3-13,16,20,22,24,33H,14-15H2,1-2H3/p+1/t16?,20-,22-,24-,26-/m1/s1. The van der Waals surface area contributed by atoms with Crippen molar-refractivity contribution < 1.29 is 42.1 Å². The van der Waals surface area contributed by atoms with E-state index in [0.29, 0.717) is 10.4 Å². The molecule has 15 heteroatoms. The molecule has 1 aliphatic rings. The van der Waals surface area contributed by atoms with Gasteiger partial charge in [-0.25, -0.2) is 13.6 Å². The number of halogens is 2. The zero-order chi connectivity index (χ0) is 29.7. The summed E-state index contributed by atoms with van der Waals surface area (Å²) >= 11 is 0.